The van der Waals surface area contributed by atoms with Crippen LogP contribution in [0.2, 0.25) is 0 Å². The number of anilines is 1. The third-order valence-corrected chi connectivity index (χ3v) is 5.59. The van der Waals surface area contributed by atoms with E-state index < -0.39 is 0 Å². The Balaban J connectivity index is 2.03. The van der Waals surface area contributed by atoms with E-state index in [-0.39, 0.29) is 24.5 Å². The van der Waals surface area contributed by atoms with Gasteiger partial charge in [-0.15, -0.1) is 0 Å². The average Bonchev–Trinajstić information content (AvgIpc) is 2.91. The summed E-state index contributed by atoms with van der Waals surface area (Å²) in [5.74, 6) is -0.607. The van der Waals surface area contributed by atoms with E-state index in [2.05, 4.69) is 5.32 Å². The maximum atomic E-state index is 13.3. The Morgan fingerprint density at radius 3 is 2.33 bits per heavy atom. The summed E-state index contributed by atoms with van der Waals surface area (Å²) in [6.07, 6.45) is 0.0394. The lowest BCUT2D eigenvalue weighted by Gasteiger charge is -2.17. The van der Waals surface area contributed by atoms with E-state index in [4.69, 9.17) is 4.74 Å². The number of aryl methyl sites for hydroxylation is 3. The van der Waals surface area contributed by atoms with Crippen LogP contribution in [0.25, 0.3) is 5.57 Å². The van der Waals surface area contributed by atoms with Gasteiger partial charge in [0, 0.05) is 5.69 Å². The van der Waals surface area contributed by atoms with Crippen LogP contribution >= 0.6 is 0 Å². The van der Waals surface area contributed by atoms with Crippen LogP contribution in [0.4, 0.5) is 5.69 Å². The van der Waals surface area contributed by atoms with Crippen molar-refractivity contribution in [1.29, 1.82) is 0 Å². The van der Waals surface area contributed by atoms with Crippen LogP contribution in [0.5, 0.6) is 0 Å². The number of carbonyl (C=O) groups is 2. The quantitative estimate of drug-likeness (QED) is 0.686. The number of carbonyl (C=O) groups excluding carboxylic acids is 2. The molecule has 0 saturated heterocycles. The predicted molar refractivity (Wildman–Crippen MR) is 120 cm³/mol. The van der Waals surface area contributed by atoms with Crippen LogP contribution < -0.4 is 5.32 Å². The lowest BCUT2D eigenvalue weighted by molar-refractivity contribution is -0.137. The molecule has 1 heterocycles. The van der Waals surface area contributed by atoms with Crippen molar-refractivity contribution in [2.24, 2.45) is 0 Å². The molecule has 1 N–H and O–H groups in total. The van der Waals surface area contributed by atoms with Crippen LogP contribution in [-0.2, 0) is 14.3 Å². The van der Waals surface area contributed by atoms with Gasteiger partial charge in [0.15, 0.2) is 0 Å². The number of benzene rings is 2. The van der Waals surface area contributed by atoms with Gasteiger partial charge in [0.05, 0.1) is 24.8 Å². The lowest BCUT2D eigenvalue weighted by Crippen LogP contribution is -2.35. The molecule has 0 aromatic heterocycles. The van der Waals surface area contributed by atoms with Crippen LogP contribution in [-0.4, -0.2) is 36.0 Å². The molecule has 0 atom stereocenters. The van der Waals surface area contributed by atoms with Crippen molar-refractivity contribution < 1.29 is 14.3 Å². The van der Waals surface area contributed by atoms with E-state index in [1.165, 1.54) is 4.90 Å². The third-order valence-electron chi connectivity index (χ3n) is 5.59. The largest absolute Gasteiger partial charge is 0.377 e. The van der Waals surface area contributed by atoms with Crippen molar-refractivity contribution in [3.8, 4) is 0 Å². The molecule has 0 spiro atoms. The second-order valence-corrected chi connectivity index (χ2v) is 8.10. The van der Waals surface area contributed by atoms with Gasteiger partial charge >= 0.3 is 0 Å². The van der Waals surface area contributed by atoms with Crippen LogP contribution in [0.15, 0.2) is 42.1 Å². The maximum absolute atomic E-state index is 13.3. The molecule has 3 rings (SSSR count). The van der Waals surface area contributed by atoms with Crippen molar-refractivity contribution in [1.82, 2.24) is 4.90 Å². The highest BCUT2D eigenvalue weighted by molar-refractivity contribution is 6.36. The molecular formula is C25H30N2O3. The van der Waals surface area contributed by atoms with Crippen LogP contribution in [0, 0.1) is 27.7 Å². The number of imide groups is 1. The van der Waals surface area contributed by atoms with Gasteiger partial charge in [-0.2, -0.15) is 0 Å². The molecule has 30 heavy (non-hydrogen) atoms. The molecule has 1 aliphatic rings. The van der Waals surface area contributed by atoms with E-state index in [1.807, 2.05) is 77.9 Å². The molecule has 0 saturated carbocycles. The Labute approximate surface area is 178 Å². The number of hydrogen-bond acceptors (Lipinski definition) is 4. The SMILES string of the molecule is Cc1ccc(C2=C(Nc3cccc(C)c3C)C(=O)N(CCOC(C)C)C2=O)cc1C. The van der Waals surface area contributed by atoms with Crippen molar-refractivity contribution in [3.05, 3.63) is 69.9 Å². The van der Waals surface area contributed by atoms with E-state index in [0.29, 0.717) is 17.9 Å². The van der Waals surface area contributed by atoms with Crippen LogP contribution in [0.3, 0.4) is 0 Å². The van der Waals surface area contributed by atoms with Crippen molar-refractivity contribution in [2.45, 2.75) is 47.6 Å². The van der Waals surface area contributed by atoms with Gasteiger partial charge in [-0.25, -0.2) is 0 Å². The van der Waals surface area contributed by atoms with E-state index in [0.717, 1.165) is 33.5 Å². The molecule has 0 unspecified atom stereocenters. The molecule has 0 fully saturated rings. The van der Waals surface area contributed by atoms with Crippen molar-refractivity contribution in [2.75, 3.05) is 18.5 Å². The minimum atomic E-state index is -0.318. The molecule has 5 nitrogen and oxygen atoms in total. The van der Waals surface area contributed by atoms with Gasteiger partial charge in [0.1, 0.15) is 5.70 Å². The molecule has 2 aromatic rings. The van der Waals surface area contributed by atoms with E-state index in [1.54, 1.807) is 0 Å². The first-order chi connectivity index (χ1) is 14.2. The Hall–Kier alpha value is -2.92. The minimum Gasteiger partial charge on any atom is -0.377 e. The lowest BCUT2D eigenvalue weighted by atomic mass is 9.99. The summed E-state index contributed by atoms with van der Waals surface area (Å²) in [6.45, 7) is 12.5. The molecular weight excluding hydrogens is 376 g/mol. The van der Waals surface area contributed by atoms with Crippen molar-refractivity contribution >= 4 is 23.1 Å². The molecule has 1 aliphatic heterocycles. The van der Waals surface area contributed by atoms with Crippen LogP contribution in [0.1, 0.15) is 41.7 Å². The summed E-state index contributed by atoms with van der Waals surface area (Å²) in [5, 5.41) is 3.27. The highest BCUT2D eigenvalue weighted by atomic mass is 16.5. The van der Waals surface area contributed by atoms with Gasteiger partial charge in [-0.05, 0) is 75.4 Å². The smallest absolute Gasteiger partial charge is 0.278 e. The summed E-state index contributed by atoms with van der Waals surface area (Å²) >= 11 is 0. The number of hydrogen-bond donors (Lipinski definition) is 1. The molecule has 2 aromatic carbocycles. The Kier molecular flexibility index (Phi) is 6.42. The zero-order valence-corrected chi connectivity index (χ0v) is 18.6. The number of rotatable bonds is 7. The average molecular weight is 407 g/mol. The Morgan fingerprint density at radius 2 is 1.67 bits per heavy atom. The zero-order valence-electron chi connectivity index (χ0n) is 18.6. The van der Waals surface area contributed by atoms with Gasteiger partial charge < -0.3 is 10.1 Å². The first kappa shape index (κ1) is 21.8. The summed E-state index contributed by atoms with van der Waals surface area (Å²) in [4.78, 5) is 27.8. The normalized spacial score (nSPS) is 14.3. The van der Waals surface area contributed by atoms with Crippen molar-refractivity contribution in [3.63, 3.8) is 0 Å². The fourth-order valence-electron chi connectivity index (χ4n) is 3.46. The maximum Gasteiger partial charge on any atom is 0.278 e. The number of amides is 2. The summed E-state index contributed by atoms with van der Waals surface area (Å²) in [6, 6.07) is 11.7. The fraction of sp³-hybridized carbons (Fsp3) is 0.360. The Bertz CT molecular complexity index is 1020. The summed E-state index contributed by atoms with van der Waals surface area (Å²) in [7, 11) is 0. The van der Waals surface area contributed by atoms with E-state index >= 15 is 0 Å². The Morgan fingerprint density at radius 1 is 0.933 bits per heavy atom. The minimum absolute atomic E-state index is 0.0394. The highest BCUT2D eigenvalue weighted by Gasteiger charge is 2.39. The predicted octanol–water partition coefficient (Wildman–Crippen LogP) is 4.54. The van der Waals surface area contributed by atoms with Gasteiger partial charge in [-0.3, -0.25) is 14.5 Å². The molecule has 0 bridgehead atoms. The molecule has 2 amide bonds. The summed E-state index contributed by atoms with van der Waals surface area (Å²) < 4.78 is 5.58. The first-order valence-corrected chi connectivity index (χ1v) is 10.3. The van der Waals surface area contributed by atoms with Gasteiger partial charge in [-0.1, -0.05) is 30.3 Å². The topological polar surface area (TPSA) is 58.6 Å². The number of ether oxygens (including phenoxy) is 1. The molecule has 0 radical (unpaired) electrons. The van der Waals surface area contributed by atoms with Gasteiger partial charge in [0.25, 0.3) is 11.8 Å². The third kappa shape index (κ3) is 4.31. The zero-order chi connectivity index (χ0) is 22.0. The van der Waals surface area contributed by atoms with E-state index in [9.17, 15) is 9.59 Å². The molecule has 158 valence electrons. The standard InChI is InChI=1S/C25H30N2O3/c1-15(2)30-13-12-27-24(28)22(20-11-10-16(3)18(5)14-20)23(25(27)29)26-21-9-7-8-17(4)19(21)6/h7-11,14-15,26H,12-13H2,1-6H3. The highest BCUT2D eigenvalue weighted by Crippen LogP contribution is 2.32. The number of nitrogens with one attached hydrogen (secondary N) is 1. The second kappa shape index (κ2) is 8.84. The molecule has 0 aliphatic carbocycles. The van der Waals surface area contributed by atoms with Gasteiger partial charge in [0.2, 0.25) is 0 Å². The second-order valence-electron chi connectivity index (χ2n) is 8.10. The fourth-order valence-corrected chi connectivity index (χ4v) is 3.46. The molecule has 5 heteroatoms. The summed E-state index contributed by atoms with van der Waals surface area (Å²) in [5.41, 5.74) is 6.69. The monoisotopic (exact) mass is 406 g/mol. The first-order valence-electron chi connectivity index (χ1n) is 10.3. The number of nitrogens with zero attached hydrogens (tertiary/aromatic N) is 1.